The minimum atomic E-state index is 0.948. The second kappa shape index (κ2) is 6.05. The van der Waals surface area contributed by atoms with E-state index in [4.69, 9.17) is 0 Å². The third kappa shape index (κ3) is 3.08. The molecule has 1 aromatic rings. The second-order valence-corrected chi connectivity index (χ2v) is 4.93. The fourth-order valence-corrected chi connectivity index (χ4v) is 2.61. The van der Waals surface area contributed by atoms with Crippen molar-refractivity contribution < 1.29 is 0 Å². The molecule has 1 aromatic carbocycles. The first kappa shape index (κ1) is 11.7. The molecule has 1 nitrogen and oxygen atoms in total. The summed E-state index contributed by atoms with van der Waals surface area (Å²) in [6.07, 6.45) is 5.52. The zero-order chi connectivity index (χ0) is 11.2. The van der Waals surface area contributed by atoms with Gasteiger partial charge in [0.05, 0.1) is 0 Å². The van der Waals surface area contributed by atoms with Gasteiger partial charge in [0.15, 0.2) is 0 Å². The maximum atomic E-state index is 3.48. The van der Waals surface area contributed by atoms with Gasteiger partial charge in [-0.05, 0) is 56.2 Å². The molecule has 0 saturated heterocycles. The van der Waals surface area contributed by atoms with E-state index in [0.717, 1.165) is 18.4 Å². The van der Waals surface area contributed by atoms with Crippen LogP contribution in [0.5, 0.6) is 0 Å². The molecule has 2 unspecified atom stereocenters. The van der Waals surface area contributed by atoms with Crippen molar-refractivity contribution in [1.82, 2.24) is 5.32 Å². The van der Waals surface area contributed by atoms with E-state index in [0.29, 0.717) is 0 Å². The van der Waals surface area contributed by atoms with Crippen LogP contribution in [-0.2, 0) is 6.42 Å². The van der Waals surface area contributed by atoms with E-state index in [-0.39, 0.29) is 0 Å². The first-order valence-electron chi connectivity index (χ1n) is 6.64. The van der Waals surface area contributed by atoms with Crippen molar-refractivity contribution in [3.63, 3.8) is 0 Å². The van der Waals surface area contributed by atoms with Crippen LogP contribution in [0.4, 0.5) is 0 Å². The lowest BCUT2D eigenvalue weighted by Gasteiger charge is -2.37. The summed E-state index contributed by atoms with van der Waals surface area (Å²) in [5, 5.41) is 3.48. The minimum Gasteiger partial charge on any atom is -0.317 e. The molecule has 1 N–H and O–H groups in total. The average Bonchev–Trinajstić information content (AvgIpc) is 2.30. The summed E-state index contributed by atoms with van der Waals surface area (Å²) in [6, 6.07) is 10.9. The Morgan fingerprint density at radius 3 is 2.50 bits per heavy atom. The van der Waals surface area contributed by atoms with E-state index in [9.17, 15) is 0 Å². The van der Waals surface area contributed by atoms with Crippen LogP contribution >= 0.6 is 0 Å². The molecule has 1 heteroatoms. The van der Waals surface area contributed by atoms with Crippen LogP contribution in [0.15, 0.2) is 30.3 Å². The molecule has 2 rings (SSSR count). The third-order valence-corrected chi connectivity index (χ3v) is 3.88. The van der Waals surface area contributed by atoms with Gasteiger partial charge in [0.1, 0.15) is 0 Å². The molecule has 0 amide bonds. The van der Waals surface area contributed by atoms with E-state index < -0.39 is 0 Å². The molecule has 1 saturated carbocycles. The fraction of sp³-hybridized carbons (Fsp3) is 0.600. The Bertz CT molecular complexity index is 294. The van der Waals surface area contributed by atoms with E-state index in [1.807, 2.05) is 0 Å². The van der Waals surface area contributed by atoms with Gasteiger partial charge in [-0.15, -0.1) is 0 Å². The molecule has 0 aliphatic heterocycles. The first-order chi connectivity index (χ1) is 7.90. The Labute approximate surface area is 99.3 Å². The molecule has 0 heterocycles. The lowest BCUT2D eigenvalue weighted by Crippen LogP contribution is -2.35. The Hall–Kier alpha value is -0.820. The van der Waals surface area contributed by atoms with Gasteiger partial charge < -0.3 is 5.32 Å². The van der Waals surface area contributed by atoms with Crippen molar-refractivity contribution in [1.29, 1.82) is 0 Å². The van der Waals surface area contributed by atoms with Gasteiger partial charge in [-0.1, -0.05) is 37.3 Å². The van der Waals surface area contributed by atoms with Crippen LogP contribution in [-0.4, -0.2) is 13.1 Å². The quantitative estimate of drug-likeness (QED) is 0.771. The predicted octanol–water partition coefficient (Wildman–Crippen LogP) is 3.25. The van der Waals surface area contributed by atoms with Crippen LogP contribution in [0.1, 0.15) is 31.7 Å². The molecule has 0 radical (unpaired) electrons. The Balaban J connectivity index is 1.70. The molecule has 88 valence electrons. The molecule has 0 bridgehead atoms. The number of hydrogen-bond donors (Lipinski definition) is 1. The SMILES string of the molecule is CCNCC1CCC1CCc1ccccc1. The zero-order valence-electron chi connectivity index (χ0n) is 10.3. The number of benzene rings is 1. The molecule has 16 heavy (non-hydrogen) atoms. The van der Waals surface area contributed by atoms with Crippen molar-refractivity contribution in [2.75, 3.05) is 13.1 Å². The molecule has 0 spiro atoms. The second-order valence-electron chi connectivity index (χ2n) is 4.93. The summed E-state index contributed by atoms with van der Waals surface area (Å²) in [5.41, 5.74) is 1.50. The lowest BCUT2D eigenvalue weighted by molar-refractivity contribution is 0.161. The predicted molar refractivity (Wildman–Crippen MR) is 69.5 cm³/mol. The third-order valence-electron chi connectivity index (χ3n) is 3.88. The highest BCUT2D eigenvalue weighted by Gasteiger charge is 2.29. The largest absolute Gasteiger partial charge is 0.317 e. The van der Waals surface area contributed by atoms with Crippen LogP contribution in [0.25, 0.3) is 0 Å². The monoisotopic (exact) mass is 217 g/mol. The highest BCUT2D eigenvalue weighted by molar-refractivity contribution is 5.14. The molecule has 1 aliphatic carbocycles. The van der Waals surface area contributed by atoms with Gasteiger partial charge in [-0.25, -0.2) is 0 Å². The molecule has 1 fully saturated rings. The standard InChI is InChI=1S/C15H23N/c1-2-16-12-15-11-10-14(15)9-8-13-6-4-3-5-7-13/h3-7,14-16H,2,8-12H2,1H3. The molecular weight excluding hydrogens is 194 g/mol. The molecular formula is C15H23N. The zero-order valence-corrected chi connectivity index (χ0v) is 10.3. The normalized spacial score (nSPS) is 24.1. The summed E-state index contributed by atoms with van der Waals surface area (Å²) in [6.45, 7) is 4.54. The maximum absolute atomic E-state index is 3.48. The lowest BCUT2D eigenvalue weighted by atomic mass is 9.71. The highest BCUT2D eigenvalue weighted by atomic mass is 14.9. The van der Waals surface area contributed by atoms with Crippen molar-refractivity contribution in [3.05, 3.63) is 35.9 Å². The Morgan fingerprint density at radius 1 is 1.12 bits per heavy atom. The Kier molecular flexibility index (Phi) is 4.41. The number of rotatable bonds is 6. The van der Waals surface area contributed by atoms with Crippen LogP contribution in [0.3, 0.4) is 0 Å². The minimum absolute atomic E-state index is 0.948. The Morgan fingerprint density at radius 2 is 1.88 bits per heavy atom. The van der Waals surface area contributed by atoms with Gasteiger partial charge in [-0.2, -0.15) is 0 Å². The summed E-state index contributed by atoms with van der Waals surface area (Å²) >= 11 is 0. The van der Waals surface area contributed by atoms with Gasteiger partial charge in [-0.3, -0.25) is 0 Å². The summed E-state index contributed by atoms with van der Waals surface area (Å²) in [7, 11) is 0. The van der Waals surface area contributed by atoms with E-state index in [1.165, 1.54) is 37.8 Å². The van der Waals surface area contributed by atoms with Gasteiger partial charge >= 0.3 is 0 Å². The van der Waals surface area contributed by atoms with E-state index in [1.54, 1.807) is 0 Å². The number of aryl methyl sites for hydroxylation is 1. The topological polar surface area (TPSA) is 12.0 Å². The summed E-state index contributed by atoms with van der Waals surface area (Å²) < 4.78 is 0. The van der Waals surface area contributed by atoms with Crippen molar-refractivity contribution in [2.45, 2.75) is 32.6 Å². The van der Waals surface area contributed by atoms with Gasteiger partial charge in [0.25, 0.3) is 0 Å². The number of hydrogen-bond acceptors (Lipinski definition) is 1. The van der Waals surface area contributed by atoms with Crippen LogP contribution in [0.2, 0.25) is 0 Å². The fourth-order valence-electron chi connectivity index (χ4n) is 2.61. The van der Waals surface area contributed by atoms with E-state index in [2.05, 4.69) is 42.6 Å². The van der Waals surface area contributed by atoms with Gasteiger partial charge in [0, 0.05) is 0 Å². The smallest absolute Gasteiger partial charge is 0.00180 e. The number of nitrogens with one attached hydrogen (secondary N) is 1. The maximum Gasteiger partial charge on any atom is -0.00180 e. The average molecular weight is 217 g/mol. The highest BCUT2D eigenvalue weighted by Crippen LogP contribution is 2.36. The molecule has 0 aromatic heterocycles. The van der Waals surface area contributed by atoms with Crippen LogP contribution in [0, 0.1) is 11.8 Å². The molecule has 2 atom stereocenters. The van der Waals surface area contributed by atoms with Crippen LogP contribution < -0.4 is 5.32 Å². The van der Waals surface area contributed by atoms with Gasteiger partial charge in [0.2, 0.25) is 0 Å². The molecule has 1 aliphatic rings. The van der Waals surface area contributed by atoms with E-state index >= 15 is 0 Å². The van der Waals surface area contributed by atoms with Crippen molar-refractivity contribution in [3.8, 4) is 0 Å². The summed E-state index contributed by atoms with van der Waals surface area (Å²) in [4.78, 5) is 0. The van der Waals surface area contributed by atoms with Crippen molar-refractivity contribution in [2.24, 2.45) is 11.8 Å². The first-order valence-corrected chi connectivity index (χ1v) is 6.64. The summed E-state index contributed by atoms with van der Waals surface area (Å²) in [5.74, 6) is 1.92. The van der Waals surface area contributed by atoms with Crippen molar-refractivity contribution >= 4 is 0 Å².